The van der Waals surface area contributed by atoms with Gasteiger partial charge in [0.25, 0.3) is 0 Å². The van der Waals surface area contributed by atoms with Crippen LogP contribution >= 0.6 is 0 Å². The first-order valence-electron chi connectivity index (χ1n) is 5.07. The summed E-state index contributed by atoms with van der Waals surface area (Å²) in [6.07, 6.45) is -0.225. The fraction of sp³-hybridized carbons (Fsp3) is 0.800. The molecule has 0 unspecified atom stereocenters. The lowest BCUT2D eigenvalue weighted by atomic mass is 10.1. The first-order chi connectivity index (χ1) is 6.85. The van der Waals surface area contributed by atoms with Crippen molar-refractivity contribution in [1.82, 2.24) is 10.6 Å². The number of alkyl carbamates (subject to hydrolysis) is 1. The van der Waals surface area contributed by atoms with Crippen molar-refractivity contribution in [3.05, 3.63) is 0 Å². The molecule has 0 aromatic carbocycles. The largest absolute Gasteiger partial charge is 0.450 e. The number of ether oxygens (including phenoxy) is 1. The van der Waals surface area contributed by atoms with Crippen molar-refractivity contribution in [3.8, 4) is 0 Å². The average molecular weight is 216 g/mol. The molecule has 88 valence electrons. The Labute approximate surface area is 90.6 Å². The minimum Gasteiger partial charge on any atom is -0.450 e. The third-order valence-corrected chi connectivity index (χ3v) is 1.41. The number of amides is 2. The average Bonchev–Trinajstić information content (AvgIpc) is 2.00. The van der Waals surface area contributed by atoms with Gasteiger partial charge < -0.3 is 15.4 Å². The van der Waals surface area contributed by atoms with Gasteiger partial charge in [-0.1, -0.05) is 0 Å². The van der Waals surface area contributed by atoms with E-state index < -0.39 is 6.09 Å². The van der Waals surface area contributed by atoms with Crippen LogP contribution in [0.25, 0.3) is 0 Å². The van der Waals surface area contributed by atoms with Gasteiger partial charge in [0.05, 0.1) is 6.61 Å². The predicted molar refractivity (Wildman–Crippen MR) is 57.5 cm³/mol. The standard InChI is InChI=1S/C10H20N2O3/c1-5-15-9(14)11-7-6-8(13)12-10(2,3)4/h5-7H2,1-4H3,(H,11,14)(H,12,13). The van der Waals surface area contributed by atoms with E-state index >= 15 is 0 Å². The van der Waals surface area contributed by atoms with Gasteiger partial charge in [0.1, 0.15) is 0 Å². The maximum Gasteiger partial charge on any atom is 0.407 e. The van der Waals surface area contributed by atoms with E-state index in [0.29, 0.717) is 13.2 Å². The van der Waals surface area contributed by atoms with E-state index in [-0.39, 0.29) is 17.9 Å². The molecule has 0 aromatic heterocycles. The topological polar surface area (TPSA) is 67.4 Å². The smallest absolute Gasteiger partial charge is 0.407 e. The van der Waals surface area contributed by atoms with Crippen molar-refractivity contribution < 1.29 is 14.3 Å². The highest BCUT2D eigenvalue weighted by atomic mass is 16.5. The van der Waals surface area contributed by atoms with Crippen LogP contribution in [0.4, 0.5) is 4.79 Å². The molecule has 0 saturated heterocycles. The van der Waals surface area contributed by atoms with E-state index in [1.165, 1.54) is 0 Å². The Morgan fingerprint density at radius 1 is 1.27 bits per heavy atom. The fourth-order valence-electron chi connectivity index (χ4n) is 0.941. The minimum atomic E-state index is -0.485. The molecule has 2 amide bonds. The molecule has 0 radical (unpaired) electrons. The highest BCUT2D eigenvalue weighted by Crippen LogP contribution is 1.98. The van der Waals surface area contributed by atoms with Crippen molar-refractivity contribution in [2.75, 3.05) is 13.2 Å². The summed E-state index contributed by atoms with van der Waals surface area (Å²) in [5.74, 6) is -0.0840. The van der Waals surface area contributed by atoms with Gasteiger partial charge in [0.2, 0.25) is 5.91 Å². The quantitative estimate of drug-likeness (QED) is 0.737. The van der Waals surface area contributed by atoms with Gasteiger partial charge in [0, 0.05) is 18.5 Å². The molecule has 0 rings (SSSR count). The molecule has 0 aromatic rings. The Morgan fingerprint density at radius 3 is 2.33 bits per heavy atom. The van der Waals surface area contributed by atoms with Crippen molar-refractivity contribution in [2.24, 2.45) is 0 Å². The van der Waals surface area contributed by atoms with E-state index in [2.05, 4.69) is 15.4 Å². The Balaban J connectivity index is 3.60. The summed E-state index contributed by atoms with van der Waals surface area (Å²) in [6, 6.07) is 0. The normalized spacial score (nSPS) is 10.7. The van der Waals surface area contributed by atoms with Gasteiger partial charge in [-0.3, -0.25) is 4.79 Å². The van der Waals surface area contributed by atoms with Gasteiger partial charge in [-0.05, 0) is 27.7 Å². The van der Waals surface area contributed by atoms with Crippen molar-refractivity contribution in [3.63, 3.8) is 0 Å². The summed E-state index contributed by atoms with van der Waals surface area (Å²) in [5, 5.41) is 5.27. The Hall–Kier alpha value is -1.26. The molecular weight excluding hydrogens is 196 g/mol. The highest BCUT2D eigenvalue weighted by Gasteiger charge is 2.13. The van der Waals surface area contributed by atoms with Gasteiger partial charge in [-0.15, -0.1) is 0 Å². The lowest BCUT2D eigenvalue weighted by Gasteiger charge is -2.20. The number of nitrogens with one attached hydrogen (secondary N) is 2. The predicted octanol–water partition coefficient (Wildman–Crippen LogP) is 1.04. The molecule has 0 saturated carbocycles. The van der Waals surface area contributed by atoms with Crippen LogP contribution in [0.2, 0.25) is 0 Å². The van der Waals surface area contributed by atoms with Gasteiger partial charge in [0.15, 0.2) is 0 Å². The van der Waals surface area contributed by atoms with E-state index in [0.717, 1.165) is 0 Å². The summed E-state index contributed by atoms with van der Waals surface area (Å²) in [7, 11) is 0. The molecular formula is C10H20N2O3. The van der Waals surface area contributed by atoms with Crippen LogP contribution in [0, 0.1) is 0 Å². The molecule has 0 atom stereocenters. The van der Waals surface area contributed by atoms with E-state index in [9.17, 15) is 9.59 Å². The van der Waals surface area contributed by atoms with Crippen LogP contribution in [0.1, 0.15) is 34.1 Å². The molecule has 5 nitrogen and oxygen atoms in total. The van der Waals surface area contributed by atoms with Crippen molar-refractivity contribution >= 4 is 12.0 Å². The summed E-state index contributed by atoms with van der Waals surface area (Å²) < 4.78 is 4.64. The lowest BCUT2D eigenvalue weighted by molar-refractivity contribution is -0.122. The molecule has 0 aliphatic rings. The molecule has 0 aliphatic heterocycles. The Kier molecular flexibility index (Phi) is 5.74. The van der Waals surface area contributed by atoms with Crippen LogP contribution in [0.5, 0.6) is 0 Å². The van der Waals surface area contributed by atoms with Crippen LogP contribution in [0.15, 0.2) is 0 Å². The second-order valence-corrected chi connectivity index (χ2v) is 4.20. The zero-order chi connectivity index (χ0) is 11.9. The van der Waals surface area contributed by atoms with Gasteiger partial charge in [-0.2, -0.15) is 0 Å². The van der Waals surface area contributed by atoms with E-state index in [1.54, 1.807) is 6.92 Å². The maximum absolute atomic E-state index is 11.3. The molecule has 0 heterocycles. The van der Waals surface area contributed by atoms with Crippen LogP contribution in [0.3, 0.4) is 0 Å². The number of hydrogen-bond donors (Lipinski definition) is 2. The maximum atomic E-state index is 11.3. The zero-order valence-corrected chi connectivity index (χ0v) is 9.85. The first kappa shape index (κ1) is 13.7. The first-order valence-corrected chi connectivity index (χ1v) is 5.07. The number of rotatable bonds is 4. The molecule has 2 N–H and O–H groups in total. The SMILES string of the molecule is CCOC(=O)NCCC(=O)NC(C)(C)C. The molecule has 0 aliphatic carbocycles. The highest BCUT2D eigenvalue weighted by molar-refractivity contribution is 5.77. The monoisotopic (exact) mass is 216 g/mol. The number of carbonyl (C=O) groups is 2. The van der Waals surface area contributed by atoms with Gasteiger partial charge in [-0.25, -0.2) is 4.79 Å². The number of hydrogen-bond acceptors (Lipinski definition) is 3. The summed E-state index contributed by atoms with van der Waals surface area (Å²) >= 11 is 0. The van der Waals surface area contributed by atoms with E-state index in [1.807, 2.05) is 20.8 Å². The second-order valence-electron chi connectivity index (χ2n) is 4.20. The molecule has 0 spiro atoms. The molecule has 0 bridgehead atoms. The van der Waals surface area contributed by atoms with Gasteiger partial charge >= 0.3 is 6.09 Å². The molecule has 0 fully saturated rings. The minimum absolute atomic E-state index is 0.0840. The molecule has 5 heteroatoms. The fourth-order valence-corrected chi connectivity index (χ4v) is 0.941. The van der Waals surface area contributed by atoms with Crippen LogP contribution < -0.4 is 10.6 Å². The molecule has 15 heavy (non-hydrogen) atoms. The second kappa shape index (κ2) is 6.27. The summed E-state index contributed by atoms with van der Waals surface area (Å²) in [6.45, 7) is 8.07. The van der Waals surface area contributed by atoms with Crippen molar-refractivity contribution in [1.29, 1.82) is 0 Å². The summed E-state index contributed by atoms with van der Waals surface area (Å²) in [4.78, 5) is 22.1. The Morgan fingerprint density at radius 2 is 1.87 bits per heavy atom. The summed E-state index contributed by atoms with van der Waals surface area (Å²) in [5.41, 5.74) is -0.235. The number of carbonyl (C=O) groups excluding carboxylic acids is 2. The van der Waals surface area contributed by atoms with Crippen molar-refractivity contribution in [2.45, 2.75) is 39.7 Å². The third-order valence-electron chi connectivity index (χ3n) is 1.41. The Bertz CT molecular complexity index is 221. The van der Waals surface area contributed by atoms with Crippen LogP contribution in [-0.4, -0.2) is 30.7 Å². The van der Waals surface area contributed by atoms with Crippen LogP contribution in [-0.2, 0) is 9.53 Å². The lowest BCUT2D eigenvalue weighted by Crippen LogP contribution is -2.42. The zero-order valence-electron chi connectivity index (χ0n) is 9.85. The third kappa shape index (κ3) is 9.05. The van der Waals surface area contributed by atoms with E-state index in [4.69, 9.17) is 0 Å².